The Morgan fingerprint density at radius 1 is 1.00 bits per heavy atom. The van der Waals surface area contributed by atoms with Crippen molar-refractivity contribution < 1.29 is 13.2 Å². The van der Waals surface area contributed by atoms with Gasteiger partial charge in [-0.15, -0.1) is 0 Å². The van der Waals surface area contributed by atoms with Crippen LogP contribution in [0.4, 0.5) is 0 Å². The number of rotatable bonds is 2. The summed E-state index contributed by atoms with van der Waals surface area (Å²) in [6.07, 6.45) is 1.84. The van der Waals surface area contributed by atoms with Gasteiger partial charge in [-0.1, -0.05) is 42.5 Å². The molecule has 138 valence electrons. The molecule has 6 heteroatoms. The van der Waals surface area contributed by atoms with Gasteiger partial charge in [-0.2, -0.15) is 0 Å². The van der Waals surface area contributed by atoms with Gasteiger partial charge in [-0.25, -0.2) is 13.1 Å². The van der Waals surface area contributed by atoms with Gasteiger partial charge in [-0.05, 0) is 43.6 Å². The second-order valence-electron chi connectivity index (χ2n) is 7.32. The van der Waals surface area contributed by atoms with E-state index in [1.54, 1.807) is 18.2 Å². The highest BCUT2D eigenvalue weighted by atomic mass is 32.2. The number of nitrogens with one attached hydrogen (secondary N) is 1. The lowest BCUT2D eigenvalue weighted by Gasteiger charge is -2.42. The molecule has 0 unspecified atom stereocenters. The van der Waals surface area contributed by atoms with E-state index in [2.05, 4.69) is 33.9 Å². The predicted octanol–water partition coefficient (Wildman–Crippen LogP) is 2.64. The summed E-state index contributed by atoms with van der Waals surface area (Å²) < 4.78 is 33.9. The maximum absolute atomic E-state index is 12.6. The predicted molar refractivity (Wildman–Crippen MR) is 101 cm³/mol. The van der Waals surface area contributed by atoms with E-state index in [4.69, 9.17) is 4.74 Å². The molecule has 1 fully saturated rings. The van der Waals surface area contributed by atoms with E-state index in [-0.39, 0.29) is 10.3 Å². The minimum atomic E-state index is -3.53. The number of sulfonamides is 1. The molecular formula is C20H24N2O3S. The van der Waals surface area contributed by atoms with Gasteiger partial charge in [0, 0.05) is 18.5 Å². The lowest BCUT2D eigenvalue weighted by molar-refractivity contribution is 0.0523. The highest BCUT2D eigenvalue weighted by molar-refractivity contribution is 7.89. The van der Waals surface area contributed by atoms with Crippen LogP contribution in [0.2, 0.25) is 0 Å². The first-order valence-corrected chi connectivity index (χ1v) is 10.5. The molecule has 26 heavy (non-hydrogen) atoms. The van der Waals surface area contributed by atoms with Gasteiger partial charge in [-0.3, -0.25) is 4.90 Å². The lowest BCUT2D eigenvalue weighted by atomic mass is 9.79. The summed E-state index contributed by atoms with van der Waals surface area (Å²) in [5, 5.41) is 0. The third kappa shape index (κ3) is 3.63. The van der Waals surface area contributed by atoms with E-state index in [9.17, 15) is 8.42 Å². The highest BCUT2D eigenvalue weighted by Crippen LogP contribution is 2.36. The van der Waals surface area contributed by atoms with Gasteiger partial charge in [0.1, 0.15) is 10.6 Å². The zero-order valence-corrected chi connectivity index (χ0v) is 15.5. The third-order valence-electron chi connectivity index (χ3n) is 5.48. The molecule has 2 heterocycles. The summed E-state index contributed by atoms with van der Waals surface area (Å²) in [5.74, 6) is 0.450. The number of hydrogen-bond donors (Lipinski definition) is 1. The molecule has 2 aromatic carbocycles. The first kappa shape index (κ1) is 17.5. The Bertz CT molecular complexity index is 860. The molecule has 5 nitrogen and oxygen atoms in total. The Kier molecular flexibility index (Phi) is 4.73. The SMILES string of the molecule is O=S1(=O)NCC2(CCN(Cc3ccccc3)CC2)COc2ccccc21. The maximum atomic E-state index is 12.6. The van der Waals surface area contributed by atoms with E-state index < -0.39 is 10.0 Å². The number of benzene rings is 2. The smallest absolute Gasteiger partial charge is 0.244 e. The molecule has 1 N–H and O–H groups in total. The monoisotopic (exact) mass is 372 g/mol. The van der Waals surface area contributed by atoms with Gasteiger partial charge >= 0.3 is 0 Å². The van der Waals surface area contributed by atoms with E-state index >= 15 is 0 Å². The van der Waals surface area contributed by atoms with Gasteiger partial charge in [0.2, 0.25) is 10.0 Å². The first-order valence-electron chi connectivity index (χ1n) is 9.04. The van der Waals surface area contributed by atoms with Crippen LogP contribution in [0.15, 0.2) is 59.5 Å². The minimum absolute atomic E-state index is 0.145. The van der Waals surface area contributed by atoms with Gasteiger partial charge < -0.3 is 4.74 Å². The van der Waals surface area contributed by atoms with Crippen LogP contribution in [-0.4, -0.2) is 39.6 Å². The van der Waals surface area contributed by atoms with E-state index in [0.29, 0.717) is 18.9 Å². The molecule has 0 radical (unpaired) electrons. The fourth-order valence-corrected chi connectivity index (χ4v) is 5.05. The minimum Gasteiger partial charge on any atom is -0.492 e. The van der Waals surface area contributed by atoms with Gasteiger partial charge in [0.15, 0.2) is 0 Å². The number of ether oxygens (including phenoxy) is 1. The fourth-order valence-electron chi connectivity index (χ4n) is 3.75. The Balaban J connectivity index is 1.46. The van der Waals surface area contributed by atoms with Crippen LogP contribution < -0.4 is 9.46 Å². The highest BCUT2D eigenvalue weighted by Gasteiger charge is 2.38. The molecule has 0 bridgehead atoms. The van der Waals surface area contributed by atoms with Crippen molar-refractivity contribution in [1.29, 1.82) is 0 Å². The summed E-state index contributed by atoms with van der Waals surface area (Å²) in [5.41, 5.74) is 1.17. The second-order valence-corrected chi connectivity index (χ2v) is 9.06. The van der Waals surface area contributed by atoms with Gasteiger partial charge in [0.05, 0.1) is 6.61 Å². The topological polar surface area (TPSA) is 58.6 Å². The van der Waals surface area contributed by atoms with Crippen LogP contribution in [-0.2, 0) is 16.6 Å². The zero-order chi connectivity index (χ0) is 18.0. The van der Waals surface area contributed by atoms with E-state index in [0.717, 1.165) is 32.5 Å². The molecule has 1 spiro atoms. The Morgan fingerprint density at radius 2 is 1.69 bits per heavy atom. The molecule has 0 atom stereocenters. The van der Waals surface area contributed by atoms with Crippen LogP contribution in [0.5, 0.6) is 5.75 Å². The molecule has 0 aromatic heterocycles. The Hall–Kier alpha value is -1.89. The molecule has 0 saturated carbocycles. The maximum Gasteiger partial charge on any atom is 0.244 e. The number of hydrogen-bond acceptors (Lipinski definition) is 4. The number of piperidine rings is 1. The quantitative estimate of drug-likeness (QED) is 0.880. The summed E-state index contributed by atoms with van der Waals surface area (Å²) >= 11 is 0. The summed E-state index contributed by atoms with van der Waals surface area (Å²) in [6, 6.07) is 17.3. The van der Waals surface area contributed by atoms with Crippen LogP contribution in [0.25, 0.3) is 0 Å². The summed E-state index contributed by atoms with van der Waals surface area (Å²) in [6.45, 7) is 3.81. The van der Waals surface area contributed by atoms with Crippen molar-refractivity contribution in [2.75, 3.05) is 26.2 Å². The average Bonchev–Trinajstić information content (AvgIpc) is 2.67. The van der Waals surface area contributed by atoms with Crippen molar-refractivity contribution in [1.82, 2.24) is 9.62 Å². The number of fused-ring (bicyclic) bond motifs is 1. The Labute approximate surface area is 155 Å². The summed E-state index contributed by atoms with van der Waals surface area (Å²) in [7, 11) is -3.53. The van der Waals surface area contributed by atoms with Crippen LogP contribution >= 0.6 is 0 Å². The van der Waals surface area contributed by atoms with E-state index in [1.165, 1.54) is 5.56 Å². The van der Waals surface area contributed by atoms with Crippen LogP contribution in [0.1, 0.15) is 18.4 Å². The number of nitrogens with zero attached hydrogens (tertiary/aromatic N) is 1. The second kappa shape index (κ2) is 7.02. The van der Waals surface area contributed by atoms with Crippen LogP contribution in [0.3, 0.4) is 0 Å². The zero-order valence-electron chi connectivity index (χ0n) is 14.7. The summed E-state index contributed by atoms with van der Waals surface area (Å²) in [4.78, 5) is 2.67. The van der Waals surface area contributed by atoms with Crippen molar-refractivity contribution in [3.63, 3.8) is 0 Å². The average molecular weight is 372 g/mol. The van der Waals surface area contributed by atoms with Crippen molar-refractivity contribution in [3.8, 4) is 5.75 Å². The van der Waals surface area contributed by atoms with E-state index in [1.807, 2.05) is 12.1 Å². The largest absolute Gasteiger partial charge is 0.492 e. The molecular weight excluding hydrogens is 348 g/mol. The lowest BCUT2D eigenvalue weighted by Crippen LogP contribution is -2.49. The molecule has 2 aliphatic rings. The van der Waals surface area contributed by atoms with Crippen molar-refractivity contribution >= 4 is 10.0 Å². The number of para-hydroxylation sites is 1. The molecule has 2 aliphatic heterocycles. The molecule has 4 rings (SSSR count). The van der Waals surface area contributed by atoms with Crippen molar-refractivity contribution in [3.05, 3.63) is 60.2 Å². The van der Waals surface area contributed by atoms with Crippen molar-refractivity contribution in [2.45, 2.75) is 24.3 Å². The van der Waals surface area contributed by atoms with Crippen molar-refractivity contribution in [2.24, 2.45) is 5.41 Å². The number of likely N-dealkylation sites (tertiary alicyclic amines) is 1. The fraction of sp³-hybridized carbons (Fsp3) is 0.400. The molecule has 0 aliphatic carbocycles. The third-order valence-corrected chi connectivity index (χ3v) is 6.92. The molecule has 1 saturated heterocycles. The first-order chi connectivity index (χ1) is 12.6. The standard InChI is InChI=1S/C20H24N2O3S/c23-26(24)19-9-5-4-8-18(19)25-16-20(15-21-26)10-12-22(13-11-20)14-17-6-2-1-3-7-17/h1-9,21H,10-16H2. The molecule has 2 aromatic rings. The normalized spacial score (nSPS) is 22.0. The van der Waals surface area contributed by atoms with Gasteiger partial charge in [0.25, 0.3) is 0 Å². The Morgan fingerprint density at radius 3 is 2.46 bits per heavy atom. The van der Waals surface area contributed by atoms with Crippen LogP contribution in [0, 0.1) is 5.41 Å². The molecule has 0 amide bonds.